The van der Waals surface area contributed by atoms with Crippen molar-refractivity contribution >= 4 is 33.9 Å². The van der Waals surface area contributed by atoms with Gasteiger partial charge in [0, 0.05) is 16.6 Å². The van der Waals surface area contributed by atoms with Crippen molar-refractivity contribution in [2.24, 2.45) is 5.92 Å². The zero-order valence-electron chi connectivity index (χ0n) is 11.6. The summed E-state index contributed by atoms with van der Waals surface area (Å²) < 4.78 is 0.960. The van der Waals surface area contributed by atoms with Gasteiger partial charge in [0.15, 0.2) is 0 Å². The summed E-state index contributed by atoms with van der Waals surface area (Å²) in [5.41, 5.74) is 0.937. The molecule has 2 rings (SSSR count). The van der Waals surface area contributed by atoms with Crippen molar-refractivity contribution in [2.45, 2.75) is 31.7 Å². The summed E-state index contributed by atoms with van der Waals surface area (Å²) in [4.78, 5) is 22.9. The van der Waals surface area contributed by atoms with Crippen molar-refractivity contribution in [2.75, 3.05) is 0 Å². The Labute approximate surface area is 132 Å². The van der Waals surface area contributed by atoms with Gasteiger partial charge < -0.3 is 10.4 Å². The molecule has 0 bridgehead atoms. The number of amides is 1. The van der Waals surface area contributed by atoms with Gasteiger partial charge >= 0.3 is 5.97 Å². The number of aliphatic carboxylic acids is 1. The Morgan fingerprint density at radius 1 is 1.33 bits per heavy atom. The Balaban J connectivity index is 1.88. The molecule has 2 N–H and O–H groups in total. The molecule has 2 atom stereocenters. The molecule has 0 spiro atoms. The minimum absolute atomic E-state index is 0.0421. The molecular formula is C16H18BrNO3. The third-order valence-electron chi connectivity index (χ3n) is 3.65. The first-order valence-electron chi connectivity index (χ1n) is 7.01. The van der Waals surface area contributed by atoms with Gasteiger partial charge in [0.2, 0.25) is 5.91 Å². The van der Waals surface area contributed by atoms with Crippen molar-refractivity contribution in [3.8, 4) is 0 Å². The monoisotopic (exact) mass is 351 g/mol. The van der Waals surface area contributed by atoms with Crippen LogP contribution in [0.2, 0.25) is 0 Å². The lowest BCUT2D eigenvalue weighted by Gasteiger charge is -2.26. The van der Waals surface area contributed by atoms with E-state index in [-0.39, 0.29) is 17.9 Å². The van der Waals surface area contributed by atoms with E-state index in [1.165, 1.54) is 6.08 Å². The largest absolute Gasteiger partial charge is 0.481 e. The number of carboxylic acid groups (broad SMARTS) is 1. The molecule has 21 heavy (non-hydrogen) atoms. The molecular weight excluding hydrogens is 334 g/mol. The van der Waals surface area contributed by atoms with Crippen molar-refractivity contribution in [3.05, 3.63) is 40.4 Å². The van der Waals surface area contributed by atoms with Gasteiger partial charge in [-0.3, -0.25) is 9.59 Å². The van der Waals surface area contributed by atoms with Gasteiger partial charge in [-0.2, -0.15) is 0 Å². The number of halogens is 1. The van der Waals surface area contributed by atoms with Crippen LogP contribution in [0, 0.1) is 5.92 Å². The number of benzene rings is 1. The molecule has 1 amide bonds. The second-order valence-corrected chi connectivity index (χ2v) is 6.21. The highest BCUT2D eigenvalue weighted by molar-refractivity contribution is 9.10. The molecule has 0 radical (unpaired) electrons. The van der Waals surface area contributed by atoms with E-state index in [9.17, 15) is 9.59 Å². The maximum atomic E-state index is 11.9. The smallest absolute Gasteiger partial charge is 0.306 e. The summed E-state index contributed by atoms with van der Waals surface area (Å²) in [7, 11) is 0. The van der Waals surface area contributed by atoms with Crippen LogP contribution in [0.5, 0.6) is 0 Å². The van der Waals surface area contributed by atoms with Gasteiger partial charge in [-0.15, -0.1) is 0 Å². The average molecular weight is 352 g/mol. The van der Waals surface area contributed by atoms with Crippen LogP contribution in [0.3, 0.4) is 0 Å². The minimum atomic E-state index is -0.765. The topological polar surface area (TPSA) is 66.4 Å². The molecule has 0 heterocycles. The van der Waals surface area contributed by atoms with E-state index in [0.717, 1.165) is 22.9 Å². The molecule has 1 aliphatic carbocycles. The number of carboxylic acids is 1. The lowest BCUT2D eigenvalue weighted by Crippen LogP contribution is -2.39. The Kier molecular flexibility index (Phi) is 5.56. The summed E-state index contributed by atoms with van der Waals surface area (Å²) in [5.74, 6) is -1.28. The number of rotatable bonds is 4. The van der Waals surface area contributed by atoms with Gasteiger partial charge in [0.25, 0.3) is 0 Å². The van der Waals surface area contributed by atoms with Crippen molar-refractivity contribution in [1.29, 1.82) is 0 Å². The molecule has 5 heteroatoms. The molecule has 0 aromatic heterocycles. The number of carbonyl (C=O) groups excluding carboxylic acids is 1. The Morgan fingerprint density at radius 3 is 2.86 bits per heavy atom. The molecule has 0 aliphatic heterocycles. The van der Waals surface area contributed by atoms with E-state index in [1.54, 1.807) is 6.08 Å². The summed E-state index contributed by atoms with van der Waals surface area (Å²) in [5, 5.41) is 11.9. The lowest BCUT2D eigenvalue weighted by molar-refractivity contribution is -0.143. The Hall–Kier alpha value is -1.62. The normalized spacial score (nSPS) is 22.1. The Morgan fingerprint density at radius 2 is 2.14 bits per heavy atom. The standard InChI is InChI=1S/C16H18BrNO3/c17-13-5-1-3-11(9-13)7-8-15(19)18-14-6-2-4-12(10-14)16(20)21/h1,3,5,7-9,12,14H,2,4,6,10H2,(H,18,19)(H,20,21). The number of hydrogen-bond acceptors (Lipinski definition) is 2. The van der Waals surface area contributed by atoms with Crippen LogP contribution in [-0.4, -0.2) is 23.0 Å². The van der Waals surface area contributed by atoms with E-state index in [1.807, 2.05) is 24.3 Å². The molecule has 0 saturated heterocycles. The van der Waals surface area contributed by atoms with Crippen LogP contribution in [-0.2, 0) is 9.59 Å². The van der Waals surface area contributed by atoms with Crippen LogP contribution in [0.25, 0.3) is 6.08 Å². The molecule has 1 aliphatic rings. The molecule has 4 nitrogen and oxygen atoms in total. The van der Waals surface area contributed by atoms with Crippen LogP contribution in [0.15, 0.2) is 34.8 Å². The van der Waals surface area contributed by atoms with Crippen LogP contribution in [0.4, 0.5) is 0 Å². The fourth-order valence-corrected chi connectivity index (χ4v) is 2.99. The third-order valence-corrected chi connectivity index (χ3v) is 4.14. The molecule has 112 valence electrons. The molecule has 2 unspecified atom stereocenters. The van der Waals surface area contributed by atoms with Gasteiger partial charge in [0.05, 0.1) is 5.92 Å². The molecule has 1 fully saturated rings. The maximum absolute atomic E-state index is 11.9. The van der Waals surface area contributed by atoms with Crippen molar-refractivity contribution in [1.82, 2.24) is 5.32 Å². The van der Waals surface area contributed by atoms with E-state index >= 15 is 0 Å². The summed E-state index contributed by atoms with van der Waals surface area (Å²) in [6, 6.07) is 7.62. The van der Waals surface area contributed by atoms with Crippen LogP contribution >= 0.6 is 15.9 Å². The predicted molar refractivity (Wildman–Crippen MR) is 84.7 cm³/mol. The lowest BCUT2D eigenvalue weighted by atomic mass is 9.86. The fourth-order valence-electron chi connectivity index (χ4n) is 2.58. The SMILES string of the molecule is O=C(C=Cc1cccc(Br)c1)NC1CCCC(C(=O)O)C1. The van der Waals surface area contributed by atoms with Crippen LogP contribution < -0.4 is 5.32 Å². The zero-order valence-corrected chi connectivity index (χ0v) is 13.2. The minimum Gasteiger partial charge on any atom is -0.481 e. The predicted octanol–water partition coefficient (Wildman–Crippen LogP) is 3.22. The molecule has 1 saturated carbocycles. The molecule has 1 aromatic carbocycles. The number of nitrogens with one attached hydrogen (secondary N) is 1. The van der Waals surface area contributed by atoms with Gasteiger partial charge in [-0.1, -0.05) is 34.5 Å². The van der Waals surface area contributed by atoms with E-state index in [0.29, 0.717) is 12.8 Å². The number of hydrogen-bond donors (Lipinski definition) is 2. The average Bonchev–Trinajstić information content (AvgIpc) is 2.45. The maximum Gasteiger partial charge on any atom is 0.306 e. The summed E-state index contributed by atoms with van der Waals surface area (Å²) in [6.45, 7) is 0. The highest BCUT2D eigenvalue weighted by Crippen LogP contribution is 2.24. The second-order valence-electron chi connectivity index (χ2n) is 5.30. The first-order valence-corrected chi connectivity index (χ1v) is 7.81. The van der Waals surface area contributed by atoms with E-state index in [2.05, 4.69) is 21.2 Å². The first-order chi connectivity index (χ1) is 10.0. The quantitative estimate of drug-likeness (QED) is 0.818. The first kappa shape index (κ1) is 15.8. The van der Waals surface area contributed by atoms with E-state index in [4.69, 9.17) is 5.11 Å². The number of carbonyl (C=O) groups is 2. The van der Waals surface area contributed by atoms with Gasteiger partial charge in [-0.25, -0.2) is 0 Å². The van der Waals surface area contributed by atoms with Crippen LogP contribution in [0.1, 0.15) is 31.2 Å². The zero-order chi connectivity index (χ0) is 15.2. The highest BCUT2D eigenvalue weighted by atomic mass is 79.9. The summed E-state index contributed by atoms with van der Waals surface area (Å²) >= 11 is 3.38. The van der Waals surface area contributed by atoms with Crippen molar-refractivity contribution < 1.29 is 14.7 Å². The Bertz CT molecular complexity index is 556. The second kappa shape index (κ2) is 7.41. The third kappa shape index (κ3) is 5.01. The highest BCUT2D eigenvalue weighted by Gasteiger charge is 2.27. The summed E-state index contributed by atoms with van der Waals surface area (Å²) in [6.07, 6.45) is 6.16. The fraction of sp³-hybridized carbons (Fsp3) is 0.375. The van der Waals surface area contributed by atoms with Crippen molar-refractivity contribution in [3.63, 3.8) is 0 Å². The molecule has 1 aromatic rings. The van der Waals surface area contributed by atoms with E-state index < -0.39 is 5.97 Å². The van der Waals surface area contributed by atoms with Gasteiger partial charge in [-0.05, 0) is 43.0 Å². The van der Waals surface area contributed by atoms with Gasteiger partial charge in [0.1, 0.15) is 0 Å².